The van der Waals surface area contributed by atoms with Gasteiger partial charge in [-0.25, -0.2) is 0 Å². The molecule has 1 unspecified atom stereocenters. The molecule has 1 spiro atoms. The number of fused-ring (bicyclic) bond motifs is 2. The molecule has 1 fully saturated rings. The molecule has 0 bridgehead atoms. The highest BCUT2D eigenvalue weighted by atomic mass is 16.5. The molecule has 1 aliphatic heterocycles. The summed E-state index contributed by atoms with van der Waals surface area (Å²) < 4.78 is 5.22. The lowest BCUT2D eigenvalue weighted by molar-refractivity contribution is -0.131. The van der Waals surface area contributed by atoms with Crippen LogP contribution in [-0.4, -0.2) is 37.1 Å². The Labute approximate surface area is 132 Å². The number of carbonyl (C=O) groups excluding carboxylic acids is 1. The molecule has 2 aliphatic rings. The summed E-state index contributed by atoms with van der Waals surface area (Å²) >= 11 is 0. The summed E-state index contributed by atoms with van der Waals surface area (Å²) in [5, 5.41) is 0. The molecule has 1 aliphatic carbocycles. The number of amides is 1. The van der Waals surface area contributed by atoms with Crippen LogP contribution in [0.4, 0.5) is 0 Å². The quantitative estimate of drug-likeness (QED) is 0.631. The summed E-state index contributed by atoms with van der Waals surface area (Å²) in [5.74, 6) is 2.61. The van der Waals surface area contributed by atoms with E-state index in [4.69, 9.17) is 11.2 Å². The topological polar surface area (TPSA) is 29.5 Å². The lowest BCUT2D eigenvalue weighted by Crippen LogP contribution is -2.37. The van der Waals surface area contributed by atoms with Crippen molar-refractivity contribution >= 4 is 5.91 Å². The van der Waals surface area contributed by atoms with Gasteiger partial charge in [0, 0.05) is 18.5 Å². The van der Waals surface area contributed by atoms with Gasteiger partial charge >= 0.3 is 0 Å². The van der Waals surface area contributed by atoms with Crippen molar-refractivity contribution in [2.45, 2.75) is 37.5 Å². The number of ether oxygens (including phenoxy) is 1. The zero-order valence-corrected chi connectivity index (χ0v) is 13.0. The van der Waals surface area contributed by atoms with Crippen molar-refractivity contribution in [2.24, 2.45) is 0 Å². The second-order valence-corrected chi connectivity index (χ2v) is 6.36. The van der Waals surface area contributed by atoms with Crippen LogP contribution in [-0.2, 0) is 21.4 Å². The van der Waals surface area contributed by atoms with Crippen LogP contribution in [0.5, 0.6) is 0 Å². The van der Waals surface area contributed by atoms with Crippen molar-refractivity contribution in [1.82, 2.24) is 4.90 Å². The number of carbonyl (C=O) groups is 1. The van der Waals surface area contributed by atoms with Crippen molar-refractivity contribution in [2.75, 3.05) is 26.3 Å². The number of likely N-dealkylation sites (tertiary alicyclic amines) is 1. The molecule has 0 radical (unpaired) electrons. The second-order valence-electron chi connectivity index (χ2n) is 6.36. The summed E-state index contributed by atoms with van der Waals surface area (Å²) in [5.41, 5.74) is 3.13. The fourth-order valence-corrected chi connectivity index (χ4v) is 3.97. The van der Waals surface area contributed by atoms with Crippen LogP contribution in [0.3, 0.4) is 0 Å². The maximum atomic E-state index is 12.3. The van der Waals surface area contributed by atoms with Crippen molar-refractivity contribution < 1.29 is 9.53 Å². The minimum atomic E-state index is 0.185. The first-order valence-electron chi connectivity index (χ1n) is 8.12. The van der Waals surface area contributed by atoms with E-state index in [0.29, 0.717) is 13.0 Å². The fourth-order valence-electron chi connectivity index (χ4n) is 3.97. The lowest BCUT2D eigenvalue weighted by atomic mass is 9.69. The smallest absolute Gasteiger partial charge is 0.224 e. The van der Waals surface area contributed by atoms with E-state index in [2.05, 4.69) is 30.2 Å². The number of nitrogens with zero attached hydrogens (tertiary/aromatic N) is 1. The summed E-state index contributed by atoms with van der Waals surface area (Å²) in [6.45, 7) is 2.42. The van der Waals surface area contributed by atoms with Gasteiger partial charge in [-0.05, 0) is 36.8 Å². The lowest BCUT2D eigenvalue weighted by Gasteiger charge is -2.35. The van der Waals surface area contributed by atoms with Gasteiger partial charge in [-0.3, -0.25) is 4.79 Å². The van der Waals surface area contributed by atoms with Crippen molar-refractivity contribution in [3.05, 3.63) is 35.4 Å². The number of benzene rings is 1. The second kappa shape index (κ2) is 6.54. The number of hydrogen-bond acceptors (Lipinski definition) is 2. The maximum absolute atomic E-state index is 12.3. The summed E-state index contributed by atoms with van der Waals surface area (Å²) in [6, 6.07) is 8.76. The van der Waals surface area contributed by atoms with Crippen LogP contribution in [0.1, 0.15) is 36.8 Å². The van der Waals surface area contributed by atoms with Gasteiger partial charge in [0.1, 0.15) is 6.61 Å². The molecule has 22 heavy (non-hydrogen) atoms. The Balaban J connectivity index is 1.65. The van der Waals surface area contributed by atoms with E-state index in [1.54, 1.807) is 0 Å². The highest BCUT2D eigenvalue weighted by Crippen LogP contribution is 2.44. The minimum absolute atomic E-state index is 0.185. The fraction of sp³-hybridized carbons (Fsp3) is 0.526. The first-order valence-corrected chi connectivity index (χ1v) is 8.12. The average molecular weight is 297 g/mol. The van der Waals surface area contributed by atoms with Gasteiger partial charge in [-0.1, -0.05) is 30.2 Å². The Hall–Kier alpha value is -1.79. The van der Waals surface area contributed by atoms with Crippen LogP contribution in [0.15, 0.2) is 24.3 Å². The van der Waals surface area contributed by atoms with Crippen LogP contribution in [0.2, 0.25) is 0 Å². The molecule has 3 rings (SSSR count). The van der Waals surface area contributed by atoms with E-state index in [0.717, 1.165) is 19.5 Å². The molecule has 0 N–H and O–H groups in total. The number of aryl methyl sites for hydroxylation is 1. The van der Waals surface area contributed by atoms with Crippen molar-refractivity contribution in [1.29, 1.82) is 0 Å². The molecular formula is C19H23NO2. The Bertz CT molecular complexity index is 589. The van der Waals surface area contributed by atoms with E-state index in [1.807, 2.05) is 4.90 Å². The van der Waals surface area contributed by atoms with E-state index >= 15 is 0 Å². The first kappa shape index (κ1) is 15.1. The number of terminal acetylenes is 1. The summed E-state index contributed by atoms with van der Waals surface area (Å²) in [4.78, 5) is 14.4. The average Bonchev–Trinajstić information content (AvgIpc) is 2.97. The van der Waals surface area contributed by atoms with Crippen LogP contribution in [0.25, 0.3) is 0 Å². The molecule has 1 amide bonds. The summed E-state index contributed by atoms with van der Waals surface area (Å²) in [7, 11) is 0. The molecule has 1 saturated heterocycles. The summed E-state index contributed by atoms with van der Waals surface area (Å²) in [6.07, 6.45) is 10.2. The molecule has 0 aromatic heterocycles. The minimum Gasteiger partial charge on any atom is -0.368 e. The van der Waals surface area contributed by atoms with Crippen molar-refractivity contribution in [3.8, 4) is 12.3 Å². The maximum Gasteiger partial charge on any atom is 0.224 e. The molecule has 1 atom stereocenters. The third kappa shape index (κ3) is 2.89. The monoisotopic (exact) mass is 297 g/mol. The van der Waals surface area contributed by atoms with E-state index < -0.39 is 0 Å². The highest BCUT2D eigenvalue weighted by molar-refractivity contribution is 5.77. The van der Waals surface area contributed by atoms with Gasteiger partial charge in [0.05, 0.1) is 13.0 Å². The van der Waals surface area contributed by atoms with E-state index in [9.17, 15) is 4.79 Å². The normalized spacial score (nSPS) is 23.3. The van der Waals surface area contributed by atoms with Crippen LogP contribution in [0, 0.1) is 12.3 Å². The highest BCUT2D eigenvalue weighted by Gasteiger charge is 2.43. The van der Waals surface area contributed by atoms with Crippen molar-refractivity contribution in [3.63, 3.8) is 0 Å². The largest absolute Gasteiger partial charge is 0.368 e. The molecule has 1 aromatic carbocycles. The SMILES string of the molecule is C#CCOCCC(=O)N1CCC2(CCCc3ccccc32)C1. The Kier molecular flexibility index (Phi) is 4.49. The van der Waals surface area contributed by atoms with Gasteiger partial charge in [-0.2, -0.15) is 0 Å². The van der Waals surface area contributed by atoms with Gasteiger partial charge in [0.2, 0.25) is 5.91 Å². The Morgan fingerprint density at radius 3 is 3.09 bits per heavy atom. The Morgan fingerprint density at radius 2 is 2.23 bits per heavy atom. The molecule has 1 heterocycles. The molecular weight excluding hydrogens is 274 g/mol. The molecule has 3 heteroatoms. The zero-order chi connectivity index (χ0) is 15.4. The molecule has 1 aromatic rings. The van der Waals surface area contributed by atoms with Gasteiger partial charge in [0.15, 0.2) is 0 Å². The molecule has 3 nitrogen and oxygen atoms in total. The van der Waals surface area contributed by atoms with E-state index in [1.165, 1.54) is 30.4 Å². The van der Waals surface area contributed by atoms with Gasteiger partial charge < -0.3 is 9.64 Å². The number of rotatable bonds is 4. The molecule has 0 saturated carbocycles. The molecule has 116 valence electrons. The Morgan fingerprint density at radius 1 is 1.36 bits per heavy atom. The predicted octanol–water partition coefficient (Wildman–Crippen LogP) is 2.53. The van der Waals surface area contributed by atoms with Crippen LogP contribution >= 0.6 is 0 Å². The third-order valence-electron chi connectivity index (χ3n) is 5.04. The van der Waals surface area contributed by atoms with Gasteiger partial charge in [0.25, 0.3) is 0 Å². The number of hydrogen-bond donors (Lipinski definition) is 0. The zero-order valence-electron chi connectivity index (χ0n) is 13.0. The first-order chi connectivity index (χ1) is 10.7. The third-order valence-corrected chi connectivity index (χ3v) is 5.04. The van der Waals surface area contributed by atoms with E-state index in [-0.39, 0.29) is 17.9 Å². The van der Waals surface area contributed by atoms with Gasteiger partial charge in [-0.15, -0.1) is 6.42 Å². The van der Waals surface area contributed by atoms with Crippen LogP contribution < -0.4 is 0 Å². The predicted molar refractivity (Wildman–Crippen MR) is 86.5 cm³/mol. The standard InChI is InChI=1S/C19H23NO2/c1-2-13-22-14-9-18(21)20-12-11-19(15-20)10-5-7-16-6-3-4-8-17(16)19/h1,3-4,6,8H,5,7,9-15H2.